The molecule has 8 heteroatoms. The predicted octanol–water partition coefficient (Wildman–Crippen LogP) is 5.00. The highest BCUT2D eigenvalue weighted by Crippen LogP contribution is 2.27. The molecule has 0 aliphatic rings. The smallest absolute Gasteiger partial charge is 0.264 e. The van der Waals surface area contributed by atoms with E-state index in [4.69, 9.17) is 0 Å². The minimum atomic E-state index is -4.09. The lowest BCUT2D eigenvalue weighted by molar-refractivity contribution is -0.139. The van der Waals surface area contributed by atoms with Crippen molar-refractivity contribution in [1.29, 1.82) is 0 Å². The van der Waals surface area contributed by atoms with Crippen LogP contribution in [0.25, 0.3) is 0 Å². The van der Waals surface area contributed by atoms with E-state index in [9.17, 15) is 18.0 Å². The average molecular weight is 550 g/mol. The van der Waals surface area contributed by atoms with Crippen molar-refractivity contribution in [3.8, 4) is 0 Å². The van der Waals surface area contributed by atoms with Crippen molar-refractivity contribution in [1.82, 2.24) is 10.2 Å². The van der Waals surface area contributed by atoms with Crippen molar-refractivity contribution >= 4 is 27.5 Å². The number of aryl methyl sites for hydroxylation is 3. The van der Waals surface area contributed by atoms with Gasteiger partial charge in [-0.3, -0.25) is 13.9 Å². The van der Waals surface area contributed by atoms with Crippen molar-refractivity contribution in [2.24, 2.45) is 5.92 Å². The Balaban J connectivity index is 2.03. The Hall–Kier alpha value is -3.65. The summed E-state index contributed by atoms with van der Waals surface area (Å²) in [5.41, 5.74) is 3.93. The number of carbonyl (C=O) groups excluding carboxylic acids is 2. The molecule has 3 aromatic rings. The number of benzene rings is 3. The monoisotopic (exact) mass is 549 g/mol. The molecular formula is C31H39N3O4S. The van der Waals surface area contributed by atoms with Gasteiger partial charge in [-0.2, -0.15) is 0 Å². The molecule has 7 nitrogen and oxygen atoms in total. The third-order valence-corrected chi connectivity index (χ3v) is 8.22. The van der Waals surface area contributed by atoms with Crippen molar-refractivity contribution in [2.75, 3.05) is 17.4 Å². The molecule has 0 saturated heterocycles. The van der Waals surface area contributed by atoms with E-state index in [1.165, 1.54) is 4.90 Å². The van der Waals surface area contributed by atoms with Crippen LogP contribution in [-0.2, 0) is 26.2 Å². The van der Waals surface area contributed by atoms with Crippen LogP contribution in [0.15, 0.2) is 77.7 Å². The van der Waals surface area contributed by atoms with Crippen LogP contribution >= 0.6 is 0 Å². The lowest BCUT2D eigenvalue weighted by Gasteiger charge is -2.32. The number of amides is 2. The highest BCUT2D eigenvalue weighted by molar-refractivity contribution is 7.92. The largest absolute Gasteiger partial charge is 0.354 e. The van der Waals surface area contributed by atoms with Crippen LogP contribution in [0.1, 0.15) is 43.0 Å². The standard InChI is InChI=1S/C31H39N3O4S/c1-22(2)19-32-31(36)26(6)33(20-27-10-8-7-9-11-27)30(35)21-34(28-17-24(4)16-25(5)18-28)39(37,38)29-14-12-23(3)13-15-29/h7-18,22,26H,19-21H2,1-6H3,(H,32,36)/t26-/m0/s1. The first kappa shape index (κ1) is 29.9. The minimum absolute atomic E-state index is 0.0948. The molecule has 0 saturated carbocycles. The van der Waals surface area contributed by atoms with Crippen LogP contribution in [0.5, 0.6) is 0 Å². The Morgan fingerprint density at radius 1 is 0.821 bits per heavy atom. The summed E-state index contributed by atoms with van der Waals surface area (Å²) in [7, 11) is -4.09. The van der Waals surface area contributed by atoms with Crippen LogP contribution in [0.4, 0.5) is 5.69 Å². The summed E-state index contributed by atoms with van der Waals surface area (Å²) in [5, 5.41) is 2.90. The van der Waals surface area contributed by atoms with Crippen molar-refractivity contribution in [3.05, 3.63) is 95.1 Å². The number of nitrogens with zero attached hydrogens (tertiary/aromatic N) is 2. The zero-order valence-corrected chi connectivity index (χ0v) is 24.5. The van der Waals surface area contributed by atoms with Gasteiger partial charge in [0.25, 0.3) is 10.0 Å². The maximum Gasteiger partial charge on any atom is 0.264 e. The fourth-order valence-electron chi connectivity index (χ4n) is 4.28. The highest BCUT2D eigenvalue weighted by Gasteiger charge is 2.32. The van der Waals surface area contributed by atoms with Gasteiger partial charge >= 0.3 is 0 Å². The fourth-order valence-corrected chi connectivity index (χ4v) is 5.67. The van der Waals surface area contributed by atoms with Gasteiger partial charge in [0, 0.05) is 13.1 Å². The zero-order chi connectivity index (χ0) is 28.7. The van der Waals surface area contributed by atoms with Crippen LogP contribution in [0.2, 0.25) is 0 Å². The predicted molar refractivity (Wildman–Crippen MR) is 156 cm³/mol. The number of sulfonamides is 1. The Bertz CT molecular complexity index is 1370. The van der Waals surface area contributed by atoms with Crippen LogP contribution in [0.3, 0.4) is 0 Å². The van der Waals surface area contributed by atoms with E-state index in [2.05, 4.69) is 5.32 Å². The number of nitrogens with one attached hydrogen (secondary N) is 1. The highest BCUT2D eigenvalue weighted by atomic mass is 32.2. The van der Waals surface area contributed by atoms with Gasteiger partial charge in [0.05, 0.1) is 10.6 Å². The molecule has 2 amide bonds. The molecule has 39 heavy (non-hydrogen) atoms. The van der Waals surface area contributed by atoms with Crippen LogP contribution in [0, 0.1) is 26.7 Å². The summed E-state index contributed by atoms with van der Waals surface area (Å²) in [4.78, 5) is 28.5. The van der Waals surface area contributed by atoms with Gasteiger partial charge in [-0.1, -0.05) is 67.9 Å². The van der Waals surface area contributed by atoms with E-state index in [-0.39, 0.29) is 23.3 Å². The normalized spacial score (nSPS) is 12.2. The molecule has 0 aliphatic carbocycles. The van der Waals surface area contributed by atoms with Gasteiger partial charge in [-0.05, 0) is 74.6 Å². The second-order valence-corrected chi connectivity index (χ2v) is 12.4. The molecule has 0 radical (unpaired) electrons. The second-order valence-electron chi connectivity index (χ2n) is 10.5. The maximum absolute atomic E-state index is 14.0. The molecule has 0 aromatic heterocycles. The van der Waals surface area contributed by atoms with Gasteiger partial charge in [-0.15, -0.1) is 0 Å². The van der Waals surface area contributed by atoms with Crippen molar-refractivity contribution in [2.45, 2.75) is 59.0 Å². The summed E-state index contributed by atoms with van der Waals surface area (Å²) >= 11 is 0. The third-order valence-electron chi connectivity index (χ3n) is 6.43. The molecule has 1 N–H and O–H groups in total. The summed E-state index contributed by atoms with van der Waals surface area (Å²) < 4.78 is 29.0. The molecule has 0 heterocycles. The quantitative estimate of drug-likeness (QED) is 0.365. The summed E-state index contributed by atoms with van der Waals surface area (Å²) in [6.45, 7) is 11.5. The molecule has 0 spiro atoms. The van der Waals surface area contributed by atoms with Gasteiger partial charge < -0.3 is 10.2 Å². The van der Waals surface area contributed by atoms with E-state index in [0.717, 1.165) is 26.6 Å². The molecule has 3 rings (SSSR count). The number of hydrogen-bond donors (Lipinski definition) is 1. The number of anilines is 1. The summed E-state index contributed by atoms with van der Waals surface area (Å²) in [5.74, 6) is -0.507. The SMILES string of the molecule is Cc1ccc(S(=O)(=O)N(CC(=O)N(Cc2ccccc2)[C@@H](C)C(=O)NCC(C)C)c2cc(C)cc(C)c2)cc1. The van der Waals surface area contributed by atoms with E-state index in [1.54, 1.807) is 43.3 Å². The molecule has 0 unspecified atom stereocenters. The molecule has 3 aromatic carbocycles. The van der Waals surface area contributed by atoms with Crippen LogP contribution in [-0.4, -0.2) is 44.3 Å². The summed E-state index contributed by atoms with van der Waals surface area (Å²) in [6, 6.07) is 20.6. The van der Waals surface area contributed by atoms with Crippen molar-refractivity contribution < 1.29 is 18.0 Å². The van der Waals surface area contributed by atoms with Gasteiger partial charge in [-0.25, -0.2) is 8.42 Å². The molecule has 0 bridgehead atoms. The van der Waals surface area contributed by atoms with Gasteiger partial charge in [0.15, 0.2) is 0 Å². The van der Waals surface area contributed by atoms with Gasteiger partial charge in [0.1, 0.15) is 12.6 Å². The molecule has 208 valence electrons. The fraction of sp³-hybridized carbons (Fsp3) is 0.355. The molecule has 1 atom stereocenters. The number of carbonyl (C=O) groups is 2. The van der Waals surface area contributed by atoms with Crippen molar-refractivity contribution in [3.63, 3.8) is 0 Å². The minimum Gasteiger partial charge on any atom is -0.354 e. The number of rotatable bonds is 11. The summed E-state index contributed by atoms with van der Waals surface area (Å²) in [6.07, 6.45) is 0. The Labute approximate surface area is 232 Å². The second kappa shape index (κ2) is 12.9. The first-order valence-electron chi connectivity index (χ1n) is 13.2. The lowest BCUT2D eigenvalue weighted by atomic mass is 10.1. The molecule has 0 fully saturated rings. The topological polar surface area (TPSA) is 86.8 Å². The van der Waals surface area contributed by atoms with Gasteiger partial charge in [0.2, 0.25) is 11.8 Å². The van der Waals surface area contributed by atoms with Crippen LogP contribution < -0.4 is 9.62 Å². The first-order valence-corrected chi connectivity index (χ1v) is 14.6. The molecular weight excluding hydrogens is 510 g/mol. The zero-order valence-electron chi connectivity index (χ0n) is 23.6. The molecule has 0 aliphatic heterocycles. The van der Waals surface area contributed by atoms with E-state index in [1.807, 2.05) is 71.0 Å². The first-order chi connectivity index (χ1) is 18.4. The maximum atomic E-state index is 14.0. The Morgan fingerprint density at radius 3 is 1.97 bits per heavy atom. The third kappa shape index (κ3) is 7.93. The number of hydrogen-bond acceptors (Lipinski definition) is 4. The van der Waals surface area contributed by atoms with E-state index >= 15 is 0 Å². The Kier molecular flexibility index (Phi) is 9.92. The lowest BCUT2D eigenvalue weighted by Crippen LogP contribution is -2.51. The van der Waals surface area contributed by atoms with E-state index < -0.39 is 28.5 Å². The Morgan fingerprint density at radius 2 is 1.41 bits per heavy atom. The van der Waals surface area contributed by atoms with E-state index in [0.29, 0.717) is 12.2 Å². The average Bonchev–Trinajstić information content (AvgIpc) is 2.88.